The van der Waals surface area contributed by atoms with E-state index in [1.807, 2.05) is 12.1 Å². The molecule has 3 rings (SSSR count). The maximum atomic E-state index is 5.98. The molecule has 0 spiro atoms. The number of alkyl halides is 1. The van der Waals surface area contributed by atoms with Crippen LogP contribution in [-0.2, 0) is 6.42 Å². The Hall–Kier alpha value is -1.22. The Morgan fingerprint density at radius 1 is 1.29 bits per heavy atom. The van der Waals surface area contributed by atoms with Crippen LogP contribution in [-0.4, -0.2) is 22.5 Å². The summed E-state index contributed by atoms with van der Waals surface area (Å²) in [5.41, 5.74) is 2.24. The maximum Gasteiger partial charge on any atom is 0.121 e. The van der Waals surface area contributed by atoms with Crippen molar-refractivity contribution in [2.45, 2.75) is 45.1 Å². The predicted octanol–water partition coefficient (Wildman–Crippen LogP) is 4.58. The highest BCUT2D eigenvalue weighted by atomic mass is 35.5. The van der Waals surface area contributed by atoms with E-state index in [2.05, 4.69) is 17.6 Å². The van der Waals surface area contributed by atoms with E-state index in [1.54, 1.807) is 7.11 Å². The van der Waals surface area contributed by atoms with Crippen LogP contribution in [0.1, 0.15) is 44.5 Å². The third-order valence-corrected chi connectivity index (χ3v) is 4.83. The standard InChI is InChI=1S/C17H23ClN2O/c1-12-3-5-13(6-4-12)20-16-11-14(21-2)7-8-15(16)19-17(20)9-10-18/h7-8,11-13H,3-6,9-10H2,1-2H3. The summed E-state index contributed by atoms with van der Waals surface area (Å²) in [7, 11) is 1.71. The van der Waals surface area contributed by atoms with Crippen molar-refractivity contribution in [2.24, 2.45) is 5.92 Å². The number of nitrogens with zero attached hydrogens (tertiary/aromatic N) is 2. The molecular formula is C17H23ClN2O. The average molecular weight is 307 g/mol. The molecule has 0 aliphatic heterocycles. The zero-order chi connectivity index (χ0) is 14.8. The van der Waals surface area contributed by atoms with Crippen molar-refractivity contribution in [1.29, 1.82) is 0 Å². The van der Waals surface area contributed by atoms with Gasteiger partial charge in [-0.1, -0.05) is 6.92 Å². The smallest absolute Gasteiger partial charge is 0.121 e. The summed E-state index contributed by atoms with van der Waals surface area (Å²) >= 11 is 5.98. The fourth-order valence-electron chi connectivity index (χ4n) is 3.42. The van der Waals surface area contributed by atoms with E-state index in [0.717, 1.165) is 29.4 Å². The minimum atomic E-state index is 0.552. The third kappa shape index (κ3) is 2.89. The Morgan fingerprint density at radius 2 is 2.05 bits per heavy atom. The zero-order valence-electron chi connectivity index (χ0n) is 12.8. The van der Waals surface area contributed by atoms with Crippen LogP contribution < -0.4 is 4.74 Å². The number of methoxy groups -OCH3 is 1. The molecule has 0 N–H and O–H groups in total. The van der Waals surface area contributed by atoms with Gasteiger partial charge in [0.15, 0.2) is 0 Å². The molecule has 1 aromatic heterocycles. The molecule has 2 aromatic rings. The second kappa shape index (κ2) is 6.27. The van der Waals surface area contributed by atoms with E-state index in [0.29, 0.717) is 11.9 Å². The van der Waals surface area contributed by atoms with Gasteiger partial charge in [0.25, 0.3) is 0 Å². The van der Waals surface area contributed by atoms with Gasteiger partial charge in [-0.15, -0.1) is 11.6 Å². The molecule has 1 saturated carbocycles. The Labute approximate surface area is 131 Å². The van der Waals surface area contributed by atoms with Crippen LogP contribution in [0.15, 0.2) is 18.2 Å². The summed E-state index contributed by atoms with van der Waals surface area (Å²) in [5, 5.41) is 0. The van der Waals surface area contributed by atoms with Crippen molar-refractivity contribution < 1.29 is 4.74 Å². The molecule has 1 heterocycles. The lowest BCUT2D eigenvalue weighted by atomic mass is 9.87. The molecule has 0 saturated heterocycles. The molecule has 1 aromatic carbocycles. The number of imidazole rings is 1. The molecular weight excluding hydrogens is 284 g/mol. The van der Waals surface area contributed by atoms with Crippen LogP contribution >= 0.6 is 11.6 Å². The minimum absolute atomic E-state index is 0.552. The first-order valence-corrected chi connectivity index (χ1v) is 8.37. The van der Waals surface area contributed by atoms with E-state index < -0.39 is 0 Å². The van der Waals surface area contributed by atoms with Crippen LogP contribution in [0.4, 0.5) is 0 Å². The molecule has 4 heteroatoms. The topological polar surface area (TPSA) is 27.1 Å². The normalized spacial score (nSPS) is 22.6. The predicted molar refractivity (Wildman–Crippen MR) is 87.4 cm³/mol. The van der Waals surface area contributed by atoms with Gasteiger partial charge < -0.3 is 9.30 Å². The van der Waals surface area contributed by atoms with E-state index in [1.165, 1.54) is 31.2 Å². The van der Waals surface area contributed by atoms with Crippen molar-refractivity contribution in [3.8, 4) is 5.75 Å². The number of rotatable bonds is 4. The summed E-state index contributed by atoms with van der Waals surface area (Å²) in [4.78, 5) is 4.80. The number of halogens is 1. The number of ether oxygens (including phenoxy) is 1. The quantitative estimate of drug-likeness (QED) is 0.773. The minimum Gasteiger partial charge on any atom is -0.497 e. The van der Waals surface area contributed by atoms with Gasteiger partial charge >= 0.3 is 0 Å². The summed E-state index contributed by atoms with van der Waals surface area (Å²) < 4.78 is 7.81. The number of fused-ring (bicyclic) bond motifs is 1. The van der Waals surface area contributed by atoms with Crippen molar-refractivity contribution in [1.82, 2.24) is 9.55 Å². The first-order chi connectivity index (χ1) is 10.2. The molecule has 0 atom stereocenters. The fraction of sp³-hybridized carbons (Fsp3) is 0.588. The van der Waals surface area contributed by atoms with Gasteiger partial charge in [-0.05, 0) is 43.7 Å². The number of benzene rings is 1. The largest absolute Gasteiger partial charge is 0.497 e. The Morgan fingerprint density at radius 3 is 2.71 bits per heavy atom. The fourth-order valence-corrected chi connectivity index (χ4v) is 3.59. The van der Waals surface area contributed by atoms with Crippen LogP contribution in [0, 0.1) is 5.92 Å². The summed E-state index contributed by atoms with van der Waals surface area (Å²) in [6.07, 6.45) is 5.89. The molecule has 1 aliphatic carbocycles. The maximum absolute atomic E-state index is 5.98. The van der Waals surface area contributed by atoms with E-state index >= 15 is 0 Å². The van der Waals surface area contributed by atoms with Crippen molar-refractivity contribution in [3.05, 3.63) is 24.0 Å². The van der Waals surface area contributed by atoms with Crippen LogP contribution in [0.2, 0.25) is 0 Å². The molecule has 3 nitrogen and oxygen atoms in total. The van der Waals surface area contributed by atoms with Gasteiger partial charge in [0.05, 0.1) is 18.1 Å². The highest BCUT2D eigenvalue weighted by molar-refractivity contribution is 6.17. The molecule has 114 valence electrons. The highest BCUT2D eigenvalue weighted by Crippen LogP contribution is 2.36. The Balaban J connectivity index is 2.05. The lowest BCUT2D eigenvalue weighted by Crippen LogP contribution is -2.19. The molecule has 1 fully saturated rings. The monoisotopic (exact) mass is 306 g/mol. The summed E-state index contributed by atoms with van der Waals surface area (Å²) in [6, 6.07) is 6.69. The number of hydrogen-bond acceptors (Lipinski definition) is 2. The van der Waals surface area contributed by atoms with E-state index in [9.17, 15) is 0 Å². The second-order valence-electron chi connectivity index (χ2n) is 6.11. The van der Waals surface area contributed by atoms with Crippen LogP contribution in [0.25, 0.3) is 11.0 Å². The summed E-state index contributed by atoms with van der Waals surface area (Å²) in [5.74, 6) is 3.48. The van der Waals surface area contributed by atoms with Gasteiger partial charge in [-0.3, -0.25) is 0 Å². The van der Waals surface area contributed by atoms with Crippen LogP contribution in [0.3, 0.4) is 0 Å². The number of aromatic nitrogens is 2. The molecule has 21 heavy (non-hydrogen) atoms. The summed E-state index contributed by atoms with van der Waals surface area (Å²) in [6.45, 7) is 2.35. The highest BCUT2D eigenvalue weighted by Gasteiger charge is 2.24. The SMILES string of the molecule is COc1ccc2nc(CCCl)n(C3CCC(C)CC3)c2c1. The van der Waals surface area contributed by atoms with Crippen molar-refractivity contribution >= 4 is 22.6 Å². The first-order valence-electron chi connectivity index (χ1n) is 7.83. The number of hydrogen-bond donors (Lipinski definition) is 0. The zero-order valence-corrected chi connectivity index (χ0v) is 13.6. The molecule has 0 bridgehead atoms. The molecule has 0 radical (unpaired) electrons. The molecule has 0 unspecified atom stereocenters. The first kappa shape index (κ1) is 14.7. The lowest BCUT2D eigenvalue weighted by Gasteiger charge is -2.29. The van der Waals surface area contributed by atoms with Crippen molar-refractivity contribution in [3.63, 3.8) is 0 Å². The van der Waals surface area contributed by atoms with Gasteiger partial charge in [0.1, 0.15) is 11.6 Å². The molecule has 1 aliphatic rings. The van der Waals surface area contributed by atoms with Gasteiger partial charge in [-0.25, -0.2) is 4.98 Å². The lowest BCUT2D eigenvalue weighted by molar-refractivity contribution is 0.289. The van der Waals surface area contributed by atoms with Gasteiger partial charge in [0, 0.05) is 24.4 Å². The average Bonchev–Trinajstić information content (AvgIpc) is 2.85. The Bertz CT molecular complexity index is 615. The Kier molecular flexibility index (Phi) is 4.39. The van der Waals surface area contributed by atoms with Gasteiger partial charge in [0.2, 0.25) is 0 Å². The third-order valence-electron chi connectivity index (χ3n) is 4.64. The van der Waals surface area contributed by atoms with E-state index in [-0.39, 0.29) is 0 Å². The number of aryl methyl sites for hydroxylation is 1. The molecule has 0 amide bonds. The second-order valence-corrected chi connectivity index (χ2v) is 6.48. The van der Waals surface area contributed by atoms with Crippen molar-refractivity contribution in [2.75, 3.05) is 13.0 Å². The van der Waals surface area contributed by atoms with Gasteiger partial charge in [-0.2, -0.15) is 0 Å². The van der Waals surface area contributed by atoms with E-state index in [4.69, 9.17) is 21.3 Å². The van der Waals surface area contributed by atoms with Crippen LogP contribution in [0.5, 0.6) is 5.75 Å².